The molecule has 0 aliphatic rings. The molecule has 0 aromatic heterocycles. The van der Waals surface area contributed by atoms with Crippen molar-refractivity contribution in [2.75, 3.05) is 13.1 Å². The summed E-state index contributed by atoms with van der Waals surface area (Å²) in [6.07, 6.45) is 0.177. The fourth-order valence-electron chi connectivity index (χ4n) is 1.46. The van der Waals surface area contributed by atoms with Gasteiger partial charge in [0.05, 0.1) is 5.56 Å². The Kier molecular flexibility index (Phi) is 6.64. The van der Waals surface area contributed by atoms with E-state index in [2.05, 4.69) is 26.6 Å². The number of halogens is 2. The van der Waals surface area contributed by atoms with Crippen molar-refractivity contribution in [1.29, 1.82) is 0 Å². The van der Waals surface area contributed by atoms with E-state index in [0.717, 1.165) is 0 Å². The topological polar surface area (TPSA) is 58.2 Å². The maximum atomic E-state index is 13.5. The number of nitrogens with one attached hydrogen (secondary N) is 2. The second-order valence-electron chi connectivity index (χ2n) is 4.83. The van der Waals surface area contributed by atoms with Crippen molar-refractivity contribution in [3.05, 3.63) is 34.1 Å². The van der Waals surface area contributed by atoms with Crippen LogP contribution in [0.1, 0.15) is 30.6 Å². The van der Waals surface area contributed by atoms with Crippen LogP contribution in [0.5, 0.6) is 0 Å². The van der Waals surface area contributed by atoms with Crippen LogP contribution in [-0.4, -0.2) is 24.9 Å². The molecule has 0 radical (unpaired) electrons. The summed E-state index contributed by atoms with van der Waals surface area (Å²) in [5, 5.41) is 5.27. The number of carbonyl (C=O) groups is 2. The predicted octanol–water partition coefficient (Wildman–Crippen LogP) is 2.48. The van der Waals surface area contributed by atoms with Crippen molar-refractivity contribution >= 4 is 27.7 Å². The quantitative estimate of drug-likeness (QED) is 0.832. The lowest BCUT2D eigenvalue weighted by Gasteiger charge is -2.09. The molecule has 2 amide bonds. The Morgan fingerprint density at radius 1 is 1.30 bits per heavy atom. The van der Waals surface area contributed by atoms with Gasteiger partial charge in [0.25, 0.3) is 5.91 Å². The molecule has 1 rings (SSSR count). The van der Waals surface area contributed by atoms with E-state index < -0.39 is 11.7 Å². The highest BCUT2D eigenvalue weighted by atomic mass is 79.9. The summed E-state index contributed by atoms with van der Waals surface area (Å²) in [6.45, 7) is 4.78. The third-order valence-corrected chi connectivity index (χ3v) is 3.01. The summed E-state index contributed by atoms with van der Waals surface area (Å²) in [7, 11) is 0. The van der Waals surface area contributed by atoms with Crippen molar-refractivity contribution < 1.29 is 14.0 Å². The Morgan fingerprint density at radius 2 is 2.00 bits per heavy atom. The zero-order valence-corrected chi connectivity index (χ0v) is 13.1. The molecule has 0 heterocycles. The number of rotatable bonds is 6. The highest BCUT2D eigenvalue weighted by molar-refractivity contribution is 9.10. The standard InChI is InChI=1S/C14H18BrFN2O2/c1-9(2)8-18-13(19)5-6-17-14(20)11-4-3-10(15)7-12(11)16/h3-4,7,9H,5-6,8H2,1-2H3,(H,17,20)(H,18,19). The van der Waals surface area contributed by atoms with Gasteiger partial charge >= 0.3 is 0 Å². The first kappa shape index (κ1) is 16.6. The number of benzene rings is 1. The minimum atomic E-state index is -0.596. The zero-order valence-electron chi connectivity index (χ0n) is 11.5. The second kappa shape index (κ2) is 7.99. The molecule has 0 bridgehead atoms. The van der Waals surface area contributed by atoms with Gasteiger partial charge in [-0.2, -0.15) is 0 Å². The smallest absolute Gasteiger partial charge is 0.254 e. The van der Waals surface area contributed by atoms with Crippen LogP contribution < -0.4 is 10.6 Å². The highest BCUT2D eigenvalue weighted by Crippen LogP contribution is 2.15. The lowest BCUT2D eigenvalue weighted by atomic mass is 10.2. The summed E-state index contributed by atoms with van der Waals surface area (Å²) in [6, 6.07) is 4.21. The molecule has 2 N–H and O–H groups in total. The third kappa shape index (κ3) is 5.69. The summed E-state index contributed by atoms with van der Waals surface area (Å²) in [5.41, 5.74) is -0.0317. The Hall–Kier alpha value is -1.43. The molecule has 0 unspecified atom stereocenters. The second-order valence-corrected chi connectivity index (χ2v) is 5.74. The number of hydrogen-bond acceptors (Lipinski definition) is 2. The lowest BCUT2D eigenvalue weighted by molar-refractivity contribution is -0.121. The molecule has 1 aromatic rings. The Balaban J connectivity index is 2.38. The van der Waals surface area contributed by atoms with E-state index in [1.165, 1.54) is 12.1 Å². The molecule has 110 valence electrons. The van der Waals surface area contributed by atoms with Crippen LogP contribution >= 0.6 is 15.9 Å². The summed E-state index contributed by atoms with van der Waals surface area (Å²) >= 11 is 3.12. The number of carbonyl (C=O) groups excluding carboxylic acids is 2. The van der Waals surface area contributed by atoms with Gasteiger partial charge in [0.2, 0.25) is 5.91 Å². The molecule has 0 saturated carbocycles. The number of amides is 2. The van der Waals surface area contributed by atoms with E-state index in [9.17, 15) is 14.0 Å². The van der Waals surface area contributed by atoms with Crippen LogP contribution in [0.2, 0.25) is 0 Å². The summed E-state index contributed by atoms with van der Waals surface area (Å²) in [5.74, 6) is -0.867. The summed E-state index contributed by atoms with van der Waals surface area (Å²) < 4.78 is 14.1. The van der Waals surface area contributed by atoms with Gasteiger partial charge in [-0.25, -0.2) is 4.39 Å². The predicted molar refractivity (Wildman–Crippen MR) is 78.9 cm³/mol. The van der Waals surface area contributed by atoms with Gasteiger partial charge in [-0.1, -0.05) is 29.8 Å². The molecule has 1 aromatic carbocycles. The molecule has 0 saturated heterocycles. The van der Waals surface area contributed by atoms with Crippen molar-refractivity contribution in [2.24, 2.45) is 5.92 Å². The van der Waals surface area contributed by atoms with Gasteiger partial charge in [0, 0.05) is 24.0 Å². The highest BCUT2D eigenvalue weighted by Gasteiger charge is 2.12. The average Bonchev–Trinajstić information content (AvgIpc) is 2.36. The maximum absolute atomic E-state index is 13.5. The van der Waals surface area contributed by atoms with Gasteiger partial charge < -0.3 is 10.6 Å². The summed E-state index contributed by atoms with van der Waals surface area (Å²) in [4.78, 5) is 23.2. The van der Waals surface area contributed by atoms with Gasteiger partial charge in [-0.05, 0) is 24.1 Å². The molecule has 0 spiro atoms. The Morgan fingerprint density at radius 3 is 2.60 bits per heavy atom. The van der Waals surface area contributed by atoms with E-state index in [-0.39, 0.29) is 24.4 Å². The van der Waals surface area contributed by atoms with E-state index >= 15 is 0 Å². The number of hydrogen-bond donors (Lipinski definition) is 2. The fraction of sp³-hybridized carbons (Fsp3) is 0.429. The Labute approximate surface area is 126 Å². The molecule has 20 heavy (non-hydrogen) atoms. The SMILES string of the molecule is CC(C)CNC(=O)CCNC(=O)c1ccc(Br)cc1F. The minimum Gasteiger partial charge on any atom is -0.356 e. The van der Waals surface area contributed by atoms with Crippen LogP contribution in [-0.2, 0) is 4.79 Å². The Bertz CT molecular complexity index is 492. The lowest BCUT2D eigenvalue weighted by Crippen LogP contribution is -2.32. The molecule has 0 fully saturated rings. The molecule has 0 aliphatic carbocycles. The first-order valence-corrected chi connectivity index (χ1v) is 7.19. The van der Waals surface area contributed by atoms with Crippen molar-refractivity contribution in [2.45, 2.75) is 20.3 Å². The maximum Gasteiger partial charge on any atom is 0.254 e. The molecule has 6 heteroatoms. The van der Waals surface area contributed by atoms with E-state index in [1.54, 1.807) is 6.07 Å². The van der Waals surface area contributed by atoms with Crippen molar-refractivity contribution in [3.8, 4) is 0 Å². The normalized spacial score (nSPS) is 10.4. The molecule has 4 nitrogen and oxygen atoms in total. The van der Waals surface area contributed by atoms with Gasteiger partial charge in [0.15, 0.2) is 0 Å². The van der Waals surface area contributed by atoms with E-state index in [0.29, 0.717) is 16.9 Å². The third-order valence-electron chi connectivity index (χ3n) is 2.52. The average molecular weight is 345 g/mol. The molecule has 0 atom stereocenters. The van der Waals surface area contributed by atoms with Crippen molar-refractivity contribution in [1.82, 2.24) is 10.6 Å². The first-order valence-electron chi connectivity index (χ1n) is 6.40. The van der Waals surface area contributed by atoms with Crippen LogP contribution in [0.3, 0.4) is 0 Å². The first-order chi connectivity index (χ1) is 9.40. The van der Waals surface area contributed by atoms with Crippen molar-refractivity contribution in [3.63, 3.8) is 0 Å². The van der Waals surface area contributed by atoms with Gasteiger partial charge in [0.1, 0.15) is 5.82 Å². The largest absolute Gasteiger partial charge is 0.356 e. The zero-order chi connectivity index (χ0) is 15.1. The molecule has 0 aliphatic heterocycles. The van der Waals surface area contributed by atoms with Gasteiger partial charge in [-0.15, -0.1) is 0 Å². The monoisotopic (exact) mass is 344 g/mol. The van der Waals surface area contributed by atoms with E-state index in [4.69, 9.17) is 0 Å². The van der Waals surface area contributed by atoms with Gasteiger partial charge in [-0.3, -0.25) is 9.59 Å². The fourth-order valence-corrected chi connectivity index (χ4v) is 1.80. The van der Waals surface area contributed by atoms with Crippen LogP contribution in [0.15, 0.2) is 22.7 Å². The van der Waals surface area contributed by atoms with Crippen LogP contribution in [0, 0.1) is 11.7 Å². The van der Waals surface area contributed by atoms with Crippen LogP contribution in [0.4, 0.5) is 4.39 Å². The van der Waals surface area contributed by atoms with Crippen LogP contribution in [0.25, 0.3) is 0 Å². The minimum absolute atomic E-state index is 0.0317. The molecular formula is C14H18BrFN2O2. The molecular weight excluding hydrogens is 327 g/mol. The van der Waals surface area contributed by atoms with E-state index in [1.807, 2.05) is 13.8 Å².